The smallest absolute Gasteiger partial charge is 0.338 e. The van der Waals surface area contributed by atoms with Gasteiger partial charge in [-0.3, -0.25) is 4.79 Å². The van der Waals surface area contributed by atoms with Crippen molar-refractivity contribution in [1.29, 1.82) is 0 Å². The van der Waals surface area contributed by atoms with E-state index in [2.05, 4.69) is 14.3 Å². The van der Waals surface area contributed by atoms with E-state index in [1.54, 1.807) is 0 Å². The summed E-state index contributed by atoms with van der Waals surface area (Å²) in [6, 6.07) is 2.71. The molecule has 1 aromatic carbocycles. The molecule has 0 heterocycles. The Hall–Kier alpha value is -2.06. The predicted molar refractivity (Wildman–Crippen MR) is 64.8 cm³/mol. The minimum atomic E-state index is -0.618. The fraction of sp³-hybridized carbons (Fsp3) is 0.250. The molecule has 18 heavy (non-hydrogen) atoms. The third kappa shape index (κ3) is 2.99. The van der Waals surface area contributed by atoms with Crippen LogP contribution in [0.2, 0.25) is 5.02 Å². The monoisotopic (exact) mass is 267 g/mol. The molecular weight excluding hydrogens is 258 g/mol. The van der Waals surface area contributed by atoms with E-state index in [9.17, 15) is 9.59 Å². The second kappa shape index (κ2) is 6.03. The second-order valence-corrected chi connectivity index (χ2v) is 3.72. The zero-order chi connectivity index (χ0) is 13.7. The largest absolute Gasteiger partial charge is 0.469 e. The van der Waals surface area contributed by atoms with Gasteiger partial charge >= 0.3 is 11.9 Å². The average molecular weight is 268 g/mol. The lowest BCUT2D eigenvalue weighted by atomic mass is 10.0. The first-order valence-electron chi connectivity index (χ1n) is 4.88. The van der Waals surface area contributed by atoms with Gasteiger partial charge in [-0.05, 0) is 11.6 Å². The van der Waals surface area contributed by atoms with Crippen molar-refractivity contribution >= 4 is 29.2 Å². The standard InChI is InChI=1S/C12H10ClNO4/c1-14-10-4-7(5-11(15)17-2)8(6-9(10)13)12(16)18-3/h4,6H,5H2,2-3H3. The highest BCUT2D eigenvalue weighted by Gasteiger charge is 2.17. The van der Waals surface area contributed by atoms with Gasteiger partial charge < -0.3 is 9.47 Å². The van der Waals surface area contributed by atoms with Crippen molar-refractivity contribution < 1.29 is 19.1 Å². The van der Waals surface area contributed by atoms with E-state index >= 15 is 0 Å². The van der Waals surface area contributed by atoms with Crippen LogP contribution in [0.3, 0.4) is 0 Å². The fourth-order valence-electron chi connectivity index (χ4n) is 1.36. The Morgan fingerprint density at radius 2 is 2.00 bits per heavy atom. The van der Waals surface area contributed by atoms with Crippen LogP contribution in [0.1, 0.15) is 15.9 Å². The van der Waals surface area contributed by atoms with Gasteiger partial charge in [-0.15, -0.1) is 0 Å². The fourth-order valence-corrected chi connectivity index (χ4v) is 1.57. The van der Waals surface area contributed by atoms with E-state index in [1.807, 2.05) is 0 Å². The zero-order valence-corrected chi connectivity index (χ0v) is 10.6. The van der Waals surface area contributed by atoms with Crippen LogP contribution >= 0.6 is 11.6 Å². The van der Waals surface area contributed by atoms with Crippen LogP contribution in [0.4, 0.5) is 5.69 Å². The van der Waals surface area contributed by atoms with E-state index in [0.717, 1.165) is 0 Å². The highest BCUT2D eigenvalue weighted by atomic mass is 35.5. The van der Waals surface area contributed by atoms with Gasteiger partial charge in [0.15, 0.2) is 0 Å². The van der Waals surface area contributed by atoms with Crippen LogP contribution in [0.25, 0.3) is 4.85 Å². The number of carbonyl (C=O) groups is 2. The first-order valence-corrected chi connectivity index (χ1v) is 5.26. The zero-order valence-electron chi connectivity index (χ0n) is 9.82. The highest BCUT2D eigenvalue weighted by Crippen LogP contribution is 2.29. The van der Waals surface area contributed by atoms with E-state index < -0.39 is 11.9 Å². The van der Waals surface area contributed by atoms with Crippen molar-refractivity contribution in [1.82, 2.24) is 0 Å². The van der Waals surface area contributed by atoms with Crippen molar-refractivity contribution in [2.75, 3.05) is 14.2 Å². The molecule has 0 N–H and O–H groups in total. The molecule has 6 heteroatoms. The minimum absolute atomic E-state index is 0.124. The van der Waals surface area contributed by atoms with Crippen molar-refractivity contribution in [2.45, 2.75) is 6.42 Å². The third-order valence-electron chi connectivity index (χ3n) is 2.26. The molecule has 0 fully saturated rings. The lowest BCUT2D eigenvalue weighted by Gasteiger charge is -2.09. The summed E-state index contributed by atoms with van der Waals surface area (Å²) >= 11 is 5.84. The highest BCUT2D eigenvalue weighted by molar-refractivity contribution is 6.33. The number of hydrogen-bond acceptors (Lipinski definition) is 4. The summed E-state index contributed by atoms with van der Waals surface area (Å²) in [7, 11) is 2.47. The number of methoxy groups -OCH3 is 2. The van der Waals surface area contributed by atoms with Gasteiger partial charge in [0.2, 0.25) is 5.69 Å². The lowest BCUT2D eigenvalue weighted by Crippen LogP contribution is -2.11. The van der Waals surface area contributed by atoms with Gasteiger partial charge in [0.05, 0.1) is 32.8 Å². The number of rotatable bonds is 3. The molecule has 0 aliphatic carbocycles. The number of benzene rings is 1. The van der Waals surface area contributed by atoms with E-state index in [0.29, 0.717) is 5.56 Å². The van der Waals surface area contributed by atoms with Crippen molar-refractivity contribution in [3.8, 4) is 0 Å². The van der Waals surface area contributed by atoms with E-state index in [4.69, 9.17) is 18.2 Å². The topological polar surface area (TPSA) is 57.0 Å². The normalized spacial score (nSPS) is 9.44. The molecule has 0 bridgehead atoms. The maximum Gasteiger partial charge on any atom is 0.338 e. The van der Waals surface area contributed by atoms with Crippen molar-refractivity contribution in [3.05, 3.63) is 39.7 Å². The Morgan fingerprint density at radius 1 is 1.33 bits per heavy atom. The molecular formula is C12H10ClNO4. The Bertz CT molecular complexity index is 534. The maximum atomic E-state index is 11.5. The summed E-state index contributed by atoms with van der Waals surface area (Å²) < 4.78 is 9.12. The summed E-state index contributed by atoms with van der Waals surface area (Å²) in [5, 5.41) is 0.138. The molecule has 0 saturated heterocycles. The Morgan fingerprint density at radius 3 is 2.50 bits per heavy atom. The molecule has 0 saturated carbocycles. The Balaban J connectivity index is 3.31. The van der Waals surface area contributed by atoms with Gasteiger partial charge in [0.1, 0.15) is 0 Å². The van der Waals surface area contributed by atoms with Crippen LogP contribution in [-0.4, -0.2) is 26.2 Å². The van der Waals surface area contributed by atoms with Gasteiger partial charge in [-0.25, -0.2) is 9.64 Å². The molecule has 94 valence electrons. The second-order valence-electron chi connectivity index (χ2n) is 3.32. The molecule has 0 radical (unpaired) electrons. The van der Waals surface area contributed by atoms with Crippen LogP contribution in [-0.2, 0) is 20.7 Å². The third-order valence-corrected chi connectivity index (χ3v) is 2.56. The SMILES string of the molecule is [C-]#[N+]c1cc(CC(=O)OC)c(C(=O)OC)cc1Cl. The van der Waals surface area contributed by atoms with Crippen LogP contribution in [0.5, 0.6) is 0 Å². The molecule has 0 aromatic heterocycles. The average Bonchev–Trinajstić information content (AvgIpc) is 2.39. The van der Waals surface area contributed by atoms with Gasteiger partial charge in [-0.2, -0.15) is 0 Å². The Labute approximate surface area is 109 Å². The van der Waals surface area contributed by atoms with Gasteiger partial charge in [0, 0.05) is 5.02 Å². The molecule has 0 unspecified atom stereocenters. The van der Waals surface area contributed by atoms with Crippen LogP contribution in [0, 0.1) is 6.57 Å². The van der Waals surface area contributed by atoms with Gasteiger partial charge in [0.25, 0.3) is 0 Å². The molecule has 0 amide bonds. The summed E-state index contributed by atoms with van der Waals surface area (Å²) in [6.45, 7) is 6.94. The molecule has 1 aromatic rings. The first kappa shape index (κ1) is 14.0. The summed E-state index contributed by atoms with van der Waals surface area (Å²) in [5.41, 5.74) is 0.674. The number of hydrogen-bond donors (Lipinski definition) is 0. The maximum absolute atomic E-state index is 11.5. The molecule has 0 spiro atoms. The van der Waals surface area contributed by atoms with Gasteiger partial charge in [-0.1, -0.05) is 17.7 Å². The summed E-state index contributed by atoms with van der Waals surface area (Å²) in [4.78, 5) is 26.0. The molecule has 5 nitrogen and oxygen atoms in total. The molecule has 1 rings (SSSR count). The molecule has 0 aliphatic rings. The predicted octanol–water partition coefficient (Wildman–Crippen LogP) is 2.39. The van der Waals surface area contributed by atoms with Crippen LogP contribution < -0.4 is 0 Å². The minimum Gasteiger partial charge on any atom is -0.469 e. The number of nitrogens with zero attached hydrogens (tertiary/aromatic N) is 1. The quantitative estimate of drug-likeness (QED) is 0.623. The van der Waals surface area contributed by atoms with Crippen LogP contribution in [0.15, 0.2) is 12.1 Å². The number of ether oxygens (including phenoxy) is 2. The number of carbonyl (C=O) groups excluding carboxylic acids is 2. The van der Waals surface area contributed by atoms with Crippen molar-refractivity contribution in [2.24, 2.45) is 0 Å². The molecule has 0 atom stereocenters. The number of halogens is 1. The van der Waals surface area contributed by atoms with E-state index in [1.165, 1.54) is 26.4 Å². The Kier molecular flexibility index (Phi) is 4.69. The summed E-state index contributed by atoms with van der Waals surface area (Å²) in [6.07, 6.45) is -0.124. The van der Waals surface area contributed by atoms with Crippen molar-refractivity contribution in [3.63, 3.8) is 0 Å². The summed E-state index contributed by atoms with van der Waals surface area (Å²) in [5.74, 6) is -1.13. The molecule has 0 aliphatic heterocycles. The first-order chi connectivity index (χ1) is 8.53. The lowest BCUT2D eigenvalue weighted by molar-refractivity contribution is -0.139. The van der Waals surface area contributed by atoms with E-state index in [-0.39, 0.29) is 22.7 Å². The number of esters is 2.